The second-order valence-electron chi connectivity index (χ2n) is 8.04. The van der Waals surface area contributed by atoms with E-state index < -0.39 is 0 Å². The molecule has 33 heavy (non-hydrogen) atoms. The summed E-state index contributed by atoms with van der Waals surface area (Å²) in [6.07, 6.45) is 1.78. The Morgan fingerprint density at radius 2 is 1.70 bits per heavy atom. The quantitative estimate of drug-likeness (QED) is 0.398. The predicted molar refractivity (Wildman–Crippen MR) is 125 cm³/mol. The number of carbonyl (C=O) groups is 1. The summed E-state index contributed by atoms with van der Waals surface area (Å²) in [5.74, 6) is 1.14. The topological polar surface area (TPSA) is 55.3 Å². The van der Waals surface area contributed by atoms with Crippen LogP contribution < -0.4 is 4.74 Å². The van der Waals surface area contributed by atoms with Crippen molar-refractivity contribution in [2.45, 2.75) is 25.8 Å². The largest absolute Gasteiger partial charge is 0.430 e. The smallest absolute Gasteiger partial charge is 0.298 e. The van der Waals surface area contributed by atoms with Gasteiger partial charge in [-0.2, -0.15) is 9.36 Å². The number of ether oxygens (including phenoxy) is 1. The number of halogens is 1. The van der Waals surface area contributed by atoms with Crippen molar-refractivity contribution >= 4 is 17.4 Å². The van der Waals surface area contributed by atoms with E-state index in [0.29, 0.717) is 36.2 Å². The molecule has 0 radical (unpaired) electrons. The highest BCUT2D eigenvalue weighted by atomic mass is 32.1. The van der Waals surface area contributed by atoms with Crippen molar-refractivity contribution in [2.75, 3.05) is 6.54 Å². The van der Waals surface area contributed by atoms with Gasteiger partial charge < -0.3 is 9.64 Å². The number of amides is 1. The fourth-order valence-electron chi connectivity index (χ4n) is 3.91. The molecule has 0 N–H and O–H groups in total. The SMILES string of the molecule is O=C(Cc1ccc(Oc2nc(Cc3ccc(F)cc3)ns2)cc1)N1CCc2ccccc2C1. The summed E-state index contributed by atoms with van der Waals surface area (Å²) in [7, 11) is 0. The number of hydrogen-bond donors (Lipinski definition) is 0. The average molecular weight is 460 g/mol. The monoisotopic (exact) mass is 459 g/mol. The van der Waals surface area contributed by atoms with E-state index in [2.05, 4.69) is 21.5 Å². The molecule has 5 nitrogen and oxygen atoms in total. The third-order valence-corrected chi connectivity index (χ3v) is 6.33. The van der Waals surface area contributed by atoms with Crippen molar-refractivity contribution in [3.05, 3.63) is 107 Å². The lowest BCUT2D eigenvalue weighted by Gasteiger charge is -2.29. The number of rotatable bonds is 6. The Bertz CT molecular complexity index is 1260. The van der Waals surface area contributed by atoms with Crippen LogP contribution in [0.3, 0.4) is 0 Å². The third-order valence-electron chi connectivity index (χ3n) is 5.69. The molecule has 5 rings (SSSR count). The van der Waals surface area contributed by atoms with Crippen LogP contribution in [0.25, 0.3) is 0 Å². The fraction of sp³-hybridized carbons (Fsp3) is 0.192. The first-order valence-electron chi connectivity index (χ1n) is 10.8. The Morgan fingerprint density at radius 3 is 2.48 bits per heavy atom. The normalized spacial score (nSPS) is 12.9. The number of benzene rings is 3. The molecule has 1 amide bonds. The molecular weight excluding hydrogens is 437 g/mol. The standard InChI is InChI=1S/C26H22FN3O2S/c27-22-9-5-18(6-10-22)15-24-28-26(33-29-24)32-23-11-7-19(8-12-23)16-25(31)30-14-13-20-3-1-2-4-21(20)17-30/h1-12H,13-17H2. The highest BCUT2D eigenvalue weighted by Gasteiger charge is 2.20. The molecule has 3 aromatic carbocycles. The van der Waals surface area contributed by atoms with Crippen LogP contribution >= 0.6 is 11.5 Å². The van der Waals surface area contributed by atoms with Gasteiger partial charge in [0.25, 0.3) is 5.19 Å². The van der Waals surface area contributed by atoms with Gasteiger partial charge in [-0.3, -0.25) is 4.79 Å². The first-order chi connectivity index (χ1) is 16.1. The Balaban J connectivity index is 1.16. The molecule has 1 aliphatic rings. The highest BCUT2D eigenvalue weighted by Crippen LogP contribution is 2.25. The lowest BCUT2D eigenvalue weighted by Crippen LogP contribution is -2.36. The minimum Gasteiger partial charge on any atom is -0.430 e. The molecule has 0 saturated heterocycles. The molecule has 1 aromatic heterocycles. The summed E-state index contributed by atoms with van der Waals surface area (Å²) in [6, 6.07) is 22.1. The Hall–Kier alpha value is -3.58. The molecule has 0 aliphatic carbocycles. The zero-order chi connectivity index (χ0) is 22.6. The minimum absolute atomic E-state index is 0.132. The van der Waals surface area contributed by atoms with E-state index in [1.807, 2.05) is 41.3 Å². The van der Waals surface area contributed by atoms with E-state index in [9.17, 15) is 9.18 Å². The maximum absolute atomic E-state index is 13.0. The number of aromatic nitrogens is 2. The van der Waals surface area contributed by atoms with E-state index in [1.54, 1.807) is 12.1 Å². The molecule has 4 aromatic rings. The number of nitrogens with zero attached hydrogens (tertiary/aromatic N) is 3. The molecule has 0 bridgehead atoms. The molecule has 2 heterocycles. The van der Waals surface area contributed by atoms with E-state index in [1.165, 1.54) is 34.8 Å². The van der Waals surface area contributed by atoms with Crippen molar-refractivity contribution in [1.29, 1.82) is 0 Å². The van der Waals surface area contributed by atoms with Crippen LogP contribution in [0.4, 0.5) is 4.39 Å². The summed E-state index contributed by atoms with van der Waals surface area (Å²) in [4.78, 5) is 19.1. The van der Waals surface area contributed by atoms with Gasteiger partial charge >= 0.3 is 0 Å². The van der Waals surface area contributed by atoms with Crippen LogP contribution in [-0.4, -0.2) is 26.7 Å². The van der Waals surface area contributed by atoms with Gasteiger partial charge in [0.1, 0.15) is 11.6 Å². The molecule has 1 aliphatic heterocycles. The first kappa shape index (κ1) is 21.3. The molecule has 0 spiro atoms. The van der Waals surface area contributed by atoms with Gasteiger partial charge in [0.15, 0.2) is 5.82 Å². The van der Waals surface area contributed by atoms with E-state index >= 15 is 0 Å². The zero-order valence-corrected chi connectivity index (χ0v) is 18.7. The van der Waals surface area contributed by atoms with Crippen molar-refractivity contribution in [3.63, 3.8) is 0 Å². The van der Waals surface area contributed by atoms with Crippen LogP contribution in [0.15, 0.2) is 72.8 Å². The Labute approximate surface area is 195 Å². The van der Waals surface area contributed by atoms with E-state index in [4.69, 9.17) is 4.74 Å². The van der Waals surface area contributed by atoms with Crippen LogP contribution in [0.2, 0.25) is 0 Å². The molecular formula is C26H22FN3O2S. The molecule has 0 atom stereocenters. The van der Waals surface area contributed by atoms with Gasteiger partial charge in [0.05, 0.1) is 6.42 Å². The van der Waals surface area contributed by atoms with Gasteiger partial charge in [0, 0.05) is 31.0 Å². The fourth-order valence-corrected chi connectivity index (χ4v) is 4.48. The van der Waals surface area contributed by atoms with Gasteiger partial charge in [0.2, 0.25) is 5.91 Å². The van der Waals surface area contributed by atoms with Crippen LogP contribution in [0.1, 0.15) is 28.1 Å². The number of hydrogen-bond acceptors (Lipinski definition) is 5. The van der Waals surface area contributed by atoms with Crippen molar-refractivity contribution < 1.29 is 13.9 Å². The molecule has 0 fully saturated rings. The van der Waals surface area contributed by atoms with Gasteiger partial charge in [-0.25, -0.2) is 4.39 Å². The Kier molecular flexibility index (Phi) is 6.13. The second-order valence-corrected chi connectivity index (χ2v) is 8.75. The van der Waals surface area contributed by atoms with Crippen LogP contribution in [0, 0.1) is 5.82 Å². The predicted octanol–water partition coefficient (Wildman–Crippen LogP) is 5.19. The van der Waals surface area contributed by atoms with Gasteiger partial charge in [-0.15, -0.1) is 0 Å². The molecule has 0 saturated carbocycles. The van der Waals surface area contributed by atoms with Crippen molar-refractivity contribution in [3.8, 4) is 10.9 Å². The van der Waals surface area contributed by atoms with Crippen LogP contribution in [-0.2, 0) is 30.6 Å². The third kappa shape index (κ3) is 5.26. The second kappa shape index (κ2) is 9.50. The number of fused-ring (bicyclic) bond motifs is 1. The van der Waals surface area contributed by atoms with Crippen molar-refractivity contribution in [2.24, 2.45) is 0 Å². The van der Waals surface area contributed by atoms with E-state index in [0.717, 1.165) is 24.1 Å². The summed E-state index contributed by atoms with van der Waals surface area (Å²) < 4.78 is 23.2. The molecule has 166 valence electrons. The van der Waals surface area contributed by atoms with Crippen molar-refractivity contribution in [1.82, 2.24) is 14.3 Å². The zero-order valence-electron chi connectivity index (χ0n) is 17.9. The lowest BCUT2D eigenvalue weighted by atomic mass is 9.99. The average Bonchev–Trinajstić information content (AvgIpc) is 3.28. The van der Waals surface area contributed by atoms with Gasteiger partial charge in [-0.05, 0) is 52.9 Å². The summed E-state index contributed by atoms with van der Waals surface area (Å²) in [5.41, 5.74) is 4.45. The highest BCUT2D eigenvalue weighted by molar-refractivity contribution is 7.07. The summed E-state index contributed by atoms with van der Waals surface area (Å²) in [6.45, 7) is 1.43. The summed E-state index contributed by atoms with van der Waals surface area (Å²) in [5, 5.41) is 0.447. The van der Waals surface area contributed by atoms with E-state index in [-0.39, 0.29) is 11.7 Å². The van der Waals surface area contributed by atoms with Gasteiger partial charge in [-0.1, -0.05) is 48.5 Å². The molecule has 0 unspecified atom stereocenters. The maximum Gasteiger partial charge on any atom is 0.298 e. The lowest BCUT2D eigenvalue weighted by molar-refractivity contribution is -0.131. The first-order valence-corrected chi connectivity index (χ1v) is 11.6. The molecule has 7 heteroatoms. The maximum atomic E-state index is 13.0. The number of carbonyl (C=O) groups excluding carboxylic acids is 1. The summed E-state index contributed by atoms with van der Waals surface area (Å²) >= 11 is 1.18. The minimum atomic E-state index is -0.264. The van der Waals surface area contributed by atoms with Crippen LogP contribution in [0.5, 0.6) is 10.9 Å². The Morgan fingerprint density at radius 1 is 0.970 bits per heavy atom.